The van der Waals surface area contributed by atoms with Gasteiger partial charge in [-0.25, -0.2) is 19.3 Å². The number of rotatable bonds is 2. The smallest absolute Gasteiger partial charge is 0.267 e. The average Bonchev–Trinajstić information content (AvgIpc) is 2.83. The van der Waals surface area contributed by atoms with E-state index in [0.29, 0.717) is 15.9 Å². The molecule has 3 rings (SSSR count). The van der Waals surface area contributed by atoms with Crippen molar-refractivity contribution in [3.05, 3.63) is 87.2 Å². The first-order chi connectivity index (χ1) is 10.2. The van der Waals surface area contributed by atoms with E-state index in [1.54, 1.807) is 60.7 Å². The van der Waals surface area contributed by atoms with Crippen LogP contribution in [0.5, 0.6) is 0 Å². The van der Waals surface area contributed by atoms with Gasteiger partial charge in [-0.05, 0) is 24.3 Å². The fraction of sp³-hybridized carbons (Fsp3) is 0. The van der Waals surface area contributed by atoms with Gasteiger partial charge >= 0.3 is 11.4 Å². The summed E-state index contributed by atoms with van der Waals surface area (Å²) in [6, 6.07) is 16.7. The molecular formula is C15H11N3O3. The minimum absolute atomic E-state index is 0.320. The Morgan fingerprint density at radius 1 is 0.857 bits per heavy atom. The molecule has 1 heterocycles. The molecule has 104 valence electrons. The third-order valence-electron chi connectivity index (χ3n) is 3.03. The van der Waals surface area contributed by atoms with Crippen molar-refractivity contribution in [2.75, 3.05) is 0 Å². The molecular weight excluding hydrogens is 270 g/mol. The highest BCUT2D eigenvalue weighted by Crippen LogP contribution is 2.02. The lowest BCUT2D eigenvalue weighted by molar-refractivity contribution is 0.0940. The lowest BCUT2D eigenvalue weighted by atomic mass is 10.2. The van der Waals surface area contributed by atoms with Gasteiger partial charge in [-0.3, -0.25) is 4.79 Å². The van der Waals surface area contributed by atoms with Crippen LogP contribution in [-0.2, 0) is 0 Å². The number of aromatic amines is 1. The van der Waals surface area contributed by atoms with Crippen LogP contribution in [0, 0.1) is 0 Å². The average molecular weight is 281 g/mol. The molecule has 0 saturated heterocycles. The summed E-state index contributed by atoms with van der Waals surface area (Å²) in [6.07, 6.45) is 0. The molecule has 0 aliphatic rings. The second kappa shape index (κ2) is 5.09. The number of nitrogens with one attached hydrogen (secondary N) is 1. The number of aromatic nitrogens is 3. The summed E-state index contributed by atoms with van der Waals surface area (Å²) >= 11 is 0. The first kappa shape index (κ1) is 12.9. The zero-order valence-electron chi connectivity index (χ0n) is 10.9. The third-order valence-corrected chi connectivity index (χ3v) is 3.03. The Bertz CT molecular complexity index is 889. The minimum Gasteiger partial charge on any atom is -0.267 e. The van der Waals surface area contributed by atoms with E-state index in [1.807, 2.05) is 0 Å². The summed E-state index contributed by atoms with van der Waals surface area (Å²) in [5.41, 5.74) is -0.653. The highest BCUT2D eigenvalue weighted by molar-refractivity contribution is 5.95. The Kier molecular flexibility index (Phi) is 3.12. The second-order valence-corrected chi connectivity index (χ2v) is 4.38. The fourth-order valence-corrected chi connectivity index (χ4v) is 2.03. The van der Waals surface area contributed by atoms with Gasteiger partial charge in [0.05, 0.1) is 5.69 Å². The maximum absolute atomic E-state index is 12.3. The van der Waals surface area contributed by atoms with Gasteiger partial charge in [-0.1, -0.05) is 36.4 Å². The number of benzene rings is 2. The summed E-state index contributed by atoms with van der Waals surface area (Å²) in [4.78, 5) is 36.5. The lowest BCUT2D eigenvalue weighted by Crippen LogP contribution is -2.30. The van der Waals surface area contributed by atoms with Gasteiger partial charge < -0.3 is 0 Å². The zero-order valence-corrected chi connectivity index (χ0v) is 10.9. The van der Waals surface area contributed by atoms with Gasteiger partial charge in [-0.15, -0.1) is 0 Å². The van der Waals surface area contributed by atoms with Crippen molar-refractivity contribution in [3.8, 4) is 5.69 Å². The molecule has 6 heteroatoms. The first-order valence-electron chi connectivity index (χ1n) is 6.28. The van der Waals surface area contributed by atoms with E-state index < -0.39 is 17.3 Å². The van der Waals surface area contributed by atoms with Crippen molar-refractivity contribution in [1.82, 2.24) is 14.3 Å². The highest BCUT2D eigenvalue weighted by atomic mass is 16.2. The molecule has 0 saturated carbocycles. The van der Waals surface area contributed by atoms with Crippen molar-refractivity contribution in [1.29, 1.82) is 0 Å². The molecule has 0 aliphatic heterocycles. The SMILES string of the molecule is O=C(c1ccccc1)n1[nH]c(=O)n(-c2ccccc2)c1=O. The molecule has 6 nitrogen and oxygen atoms in total. The van der Waals surface area contributed by atoms with Crippen LogP contribution in [0.4, 0.5) is 0 Å². The molecule has 0 unspecified atom stereocenters. The van der Waals surface area contributed by atoms with E-state index in [-0.39, 0.29) is 0 Å². The van der Waals surface area contributed by atoms with Crippen LogP contribution in [0.15, 0.2) is 70.3 Å². The van der Waals surface area contributed by atoms with Crippen LogP contribution in [0.1, 0.15) is 10.4 Å². The van der Waals surface area contributed by atoms with Gasteiger partial charge in [0.1, 0.15) is 0 Å². The van der Waals surface area contributed by atoms with Gasteiger partial charge in [0.25, 0.3) is 5.91 Å². The van der Waals surface area contributed by atoms with Crippen LogP contribution in [-0.4, -0.2) is 20.3 Å². The number of H-pyrrole nitrogens is 1. The van der Waals surface area contributed by atoms with Crippen molar-refractivity contribution in [3.63, 3.8) is 0 Å². The quantitative estimate of drug-likeness (QED) is 0.761. The molecule has 0 bridgehead atoms. The van der Waals surface area contributed by atoms with Crippen molar-refractivity contribution < 1.29 is 4.79 Å². The predicted octanol–water partition coefficient (Wildman–Crippen LogP) is 1.02. The van der Waals surface area contributed by atoms with Crippen LogP contribution in [0.2, 0.25) is 0 Å². The zero-order chi connectivity index (χ0) is 14.8. The van der Waals surface area contributed by atoms with Crippen molar-refractivity contribution in [2.24, 2.45) is 0 Å². The number of para-hydroxylation sites is 1. The van der Waals surface area contributed by atoms with E-state index in [9.17, 15) is 14.4 Å². The first-order valence-corrected chi connectivity index (χ1v) is 6.28. The number of hydrogen-bond donors (Lipinski definition) is 1. The van der Waals surface area contributed by atoms with Crippen LogP contribution >= 0.6 is 0 Å². The summed E-state index contributed by atoms with van der Waals surface area (Å²) < 4.78 is 1.63. The molecule has 1 N–H and O–H groups in total. The molecule has 0 atom stereocenters. The highest BCUT2D eigenvalue weighted by Gasteiger charge is 2.17. The second-order valence-electron chi connectivity index (χ2n) is 4.38. The van der Waals surface area contributed by atoms with Crippen LogP contribution < -0.4 is 11.4 Å². The largest absolute Gasteiger partial charge is 0.359 e. The minimum atomic E-state index is -0.722. The van der Waals surface area contributed by atoms with E-state index in [4.69, 9.17) is 0 Å². The van der Waals surface area contributed by atoms with Gasteiger partial charge in [-0.2, -0.15) is 4.68 Å². The van der Waals surface area contributed by atoms with Crippen molar-refractivity contribution >= 4 is 5.91 Å². The van der Waals surface area contributed by atoms with Gasteiger partial charge in [0.2, 0.25) is 0 Å². The fourth-order valence-electron chi connectivity index (χ4n) is 2.03. The summed E-state index contributed by atoms with van der Waals surface area (Å²) in [6.45, 7) is 0. The predicted molar refractivity (Wildman–Crippen MR) is 76.8 cm³/mol. The molecule has 0 fully saturated rings. The number of carbonyl (C=O) groups is 1. The number of nitrogens with zero attached hydrogens (tertiary/aromatic N) is 2. The Morgan fingerprint density at radius 2 is 1.43 bits per heavy atom. The maximum atomic E-state index is 12.3. The Balaban J connectivity index is 2.14. The van der Waals surface area contributed by atoms with E-state index >= 15 is 0 Å². The van der Waals surface area contributed by atoms with E-state index in [1.165, 1.54) is 0 Å². The summed E-state index contributed by atoms with van der Waals surface area (Å²) in [5.74, 6) is -0.576. The van der Waals surface area contributed by atoms with Crippen molar-refractivity contribution in [2.45, 2.75) is 0 Å². The lowest BCUT2D eigenvalue weighted by Gasteiger charge is -1.99. The Morgan fingerprint density at radius 3 is 2.05 bits per heavy atom. The molecule has 0 spiro atoms. The molecule has 3 aromatic rings. The number of hydrogen-bond acceptors (Lipinski definition) is 3. The van der Waals surface area contributed by atoms with E-state index in [2.05, 4.69) is 5.10 Å². The third kappa shape index (κ3) is 2.23. The molecule has 2 aromatic carbocycles. The van der Waals surface area contributed by atoms with E-state index in [0.717, 1.165) is 4.57 Å². The van der Waals surface area contributed by atoms with Gasteiger partial charge in [0, 0.05) is 5.56 Å². The molecule has 21 heavy (non-hydrogen) atoms. The van der Waals surface area contributed by atoms with Gasteiger partial charge in [0.15, 0.2) is 0 Å². The summed E-state index contributed by atoms with van der Waals surface area (Å²) in [5, 5.41) is 2.27. The molecule has 0 aliphatic carbocycles. The molecule has 0 radical (unpaired) electrons. The molecule has 0 amide bonds. The topological polar surface area (TPSA) is 76.9 Å². The monoisotopic (exact) mass is 281 g/mol. The Labute approximate surface area is 118 Å². The van der Waals surface area contributed by atoms with Crippen LogP contribution in [0.3, 0.4) is 0 Å². The maximum Gasteiger partial charge on any atom is 0.359 e. The Hall–Kier alpha value is -3.15. The standard InChI is InChI=1S/C15H11N3O3/c19-13(11-7-3-1-4-8-11)18-15(21)17(14(20)16-18)12-9-5-2-6-10-12/h1-10H,(H,16,20). The normalized spacial score (nSPS) is 10.5. The number of carbonyl (C=O) groups excluding carboxylic acids is 1. The summed E-state index contributed by atoms with van der Waals surface area (Å²) in [7, 11) is 0. The van der Waals surface area contributed by atoms with Crippen LogP contribution in [0.25, 0.3) is 5.69 Å². The molecule has 1 aromatic heterocycles.